The first-order valence-corrected chi connectivity index (χ1v) is 10.9. The number of amides is 2. The summed E-state index contributed by atoms with van der Waals surface area (Å²) in [6, 6.07) is 5.40. The standard InChI is InChI=1S/C23H20F4N4O2S/c1-21(9-6-13(12-28)16(11-21)23(25,26)27)31-19(33)22(7-3-8-22)30(20(31)34)14-4-5-15(17(24)10-14)18(32)29-2/h4-6,9-10H,3,7-8,11H2,1-2H3,(H,29,32). The summed E-state index contributed by atoms with van der Waals surface area (Å²) >= 11 is 5.60. The lowest BCUT2D eigenvalue weighted by atomic mass is 9.74. The van der Waals surface area contributed by atoms with Crippen molar-refractivity contribution in [3.63, 3.8) is 0 Å². The number of benzene rings is 1. The molecule has 1 aromatic carbocycles. The Morgan fingerprint density at radius 1 is 1.26 bits per heavy atom. The van der Waals surface area contributed by atoms with Crippen LogP contribution in [0.2, 0.25) is 0 Å². The molecule has 34 heavy (non-hydrogen) atoms. The molecule has 11 heteroatoms. The quantitative estimate of drug-likeness (QED) is 0.507. The number of carbonyl (C=O) groups excluding carboxylic acids is 2. The number of halogens is 4. The fraction of sp³-hybridized carbons (Fsp3) is 0.391. The lowest BCUT2D eigenvalue weighted by molar-refractivity contribution is -0.136. The van der Waals surface area contributed by atoms with Crippen molar-refractivity contribution in [3.8, 4) is 6.07 Å². The molecule has 1 aromatic rings. The molecule has 1 spiro atoms. The molecule has 178 valence electrons. The van der Waals surface area contributed by atoms with E-state index >= 15 is 0 Å². The molecule has 1 aliphatic heterocycles. The third-order valence-corrected chi connectivity index (χ3v) is 7.08. The number of hydrogen-bond acceptors (Lipinski definition) is 4. The molecular weight excluding hydrogens is 472 g/mol. The van der Waals surface area contributed by atoms with Crippen molar-refractivity contribution < 1.29 is 27.2 Å². The van der Waals surface area contributed by atoms with E-state index in [9.17, 15) is 27.2 Å². The minimum absolute atomic E-state index is 0.0501. The summed E-state index contributed by atoms with van der Waals surface area (Å²) in [5.41, 5.74) is -4.10. The van der Waals surface area contributed by atoms with E-state index in [0.29, 0.717) is 19.3 Å². The summed E-state index contributed by atoms with van der Waals surface area (Å²) in [6.07, 6.45) is -1.47. The smallest absolute Gasteiger partial charge is 0.355 e. The topological polar surface area (TPSA) is 76.4 Å². The molecule has 4 rings (SSSR count). The molecule has 6 nitrogen and oxygen atoms in total. The lowest BCUT2D eigenvalue weighted by Crippen LogP contribution is -2.56. The molecule has 1 saturated carbocycles. The Labute approximate surface area is 198 Å². The predicted octanol–water partition coefficient (Wildman–Crippen LogP) is 4.14. The summed E-state index contributed by atoms with van der Waals surface area (Å²) in [6.45, 7) is 1.46. The van der Waals surface area contributed by atoms with Gasteiger partial charge in [-0.3, -0.25) is 14.5 Å². The second-order valence-electron chi connectivity index (χ2n) is 8.76. The molecule has 0 radical (unpaired) electrons. The Kier molecular flexibility index (Phi) is 5.55. The van der Waals surface area contributed by atoms with Crippen LogP contribution in [0.4, 0.5) is 23.2 Å². The number of thiocarbonyl (C=S) groups is 1. The molecule has 3 aliphatic rings. The average molecular weight is 492 g/mol. The fourth-order valence-corrected chi connectivity index (χ4v) is 5.35. The van der Waals surface area contributed by atoms with Crippen molar-refractivity contribution in [2.75, 3.05) is 11.9 Å². The van der Waals surface area contributed by atoms with E-state index in [2.05, 4.69) is 5.32 Å². The number of alkyl halides is 3. The monoisotopic (exact) mass is 492 g/mol. The van der Waals surface area contributed by atoms with Gasteiger partial charge in [-0.05, 0) is 62.7 Å². The van der Waals surface area contributed by atoms with Gasteiger partial charge in [-0.1, -0.05) is 6.08 Å². The van der Waals surface area contributed by atoms with E-state index in [0.717, 1.165) is 17.0 Å². The van der Waals surface area contributed by atoms with Crippen molar-refractivity contribution in [2.24, 2.45) is 0 Å². The molecular formula is C23H20F4N4O2S. The Morgan fingerprint density at radius 3 is 2.44 bits per heavy atom. The van der Waals surface area contributed by atoms with Gasteiger partial charge in [0.2, 0.25) is 0 Å². The van der Waals surface area contributed by atoms with Gasteiger partial charge < -0.3 is 10.2 Å². The molecule has 1 saturated heterocycles. The second-order valence-corrected chi connectivity index (χ2v) is 9.12. The van der Waals surface area contributed by atoms with Crippen LogP contribution in [0, 0.1) is 17.1 Å². The number of nitrogens with one attached hydrogen (secondary N) is 1. The lowest BCUT2D eigenvalue weighted by Gasteiger charge is -2.43. The largest absolute Gasteiger partial charge is 0.414 e. The summed E-state index contributed by atoms with van der Waals surface area (Å²) in [5, 5.41) is 11.4. The number of rotatable bonds is 3. The van der Waals surface area contributed by atoms with E-state index in [-0.39, 0.29) is 16.4 Å². The molecule has 1 atom stereocenters. The summed E-state index contributed by atoms with van der Waals surface area (Å²) in [5.74, 6) is -1.90. The number of hydrogen-bond donors (Lipinski definition) is 1. The minimum Gasteiger partial charge on any atom is -0.355 e. The number of nitriles is 1. The maximum atomic E-state index is 14.7. The highest BCUT2D eigenvalue weighted by atomic mass is 32.1. The third-order valence-electron chi connectivity index (χ3n) is 6.72. The Bertz CT molecular complexity index is 1210. The van der Waals surface area contributed by atoms with Gasteiger partial charge >= 0.3 is 6.18 Å². The first kappa shape index (κ1) is 23.9. The molecule has 2 amide bonds. The highest BCUT2D eigenvalue weighted by molar-refractivity contribution is 7.80. The number of anilines is 1. The van der Waals surface area contributed by atoms with Crippen LogP contribution in [0.15, 0.2) is 41.5 Å². The van der Waals surface area contributed by atoms with Crippen LogP contribution in [0.25, 0.3) is 0 Å². The second kappa shape index (κ2) is 7.91. The number of carbonyl (C=O) groups is 2. The molecule has 2 aliphatic carbocycles. The highest BCUT2D eigenvalue weighted by Crippen LogP contribution is 2.51. The van der Waals surface area contributed by atoms with Crippen molar-refractivity contribution in [1.82, 2.24) is 10.2 Å². The van der Waals surface area contributed by atoms with Gasteiger partial charge in [-0.25, -0.2) is 4.39 Å². The van der Waals surface area contributed by atoms with Crippen LogP contribution >= 0.6 is 12.2 Å². The summed E-state index contributed by atoms with van der Waals surface area (Å²) < 4.78 is 55.8. The molecule has 1 N–H and O–H groups in total. The SMILES string of the molecule is CNC(=O)c1ccc(N2C(=S)N(C3(C)C=CC(C#N)=C(C(F)(F)F)C3)C(=O)C23CCC3)cc1F. The van der Waals surface area contributed by atoms with Crippen LogP contribution in [-0.2, 0) is 4.79 Å². The van der Waals surface area contributed by atoms with Crippen LogP contribution in [0.3, 0.4) is 0 Å². The molecule has 2 fully saturated rings. The predicted molar refractivity (Wildman–Crippen MR) is 119 cm³/mol. The van der Waals surface area contributed by atoms with Gasteiger partial charge in [0.1, 0.15) is 11.4 Å². The average Bonchev–Trinajstić information content (AvgIpc) is 2.99. The Balaban J connectivity index is 1.77. The summed E-state index contributed by atoms with van der Waals surface area (Å²) in [4.78, 5) is 28.2. The maximum absolute atomic E-state index is 14.7. The van der Waals surface area contributed by atoms with E-state index < -0.39 is 52.5 Å². The molecule has 1 heterocycles. The molecule has 1 unspecified atom stereocenters. The molecule has 0 bridgehead atoms. The third kappa shape index (κ3) is 3.39. The van der Waals surface area contributed by atoms with Gasteiger partial charge in [0.05, 0.1) is 28.3 Å². The number of allylic oxidation sites excluding steroid dienone is 2. The first-order chi connectivity index (χ1) is 15.9. The zero-order valence-electron chi connectivity index (χ0n) is 18.3. The van der Waals surface area contributed by atoms with Crippen LogP contribution in [0.5, 0.6) is 0 Å². The van der Waals surface area contributed by atoms with Crippen LogP contribution < -0.4 is 10.2 Å². The van der Waals surface area contributed by atoms with Crippen molar-refractivity contribution in [3.05, 3.63) is 52.9 Å². The van der Waals surface area contributed by atoms with Crippen molar-refractivity contribution in [2.45, 2.75) is 49.9 Å². The minimum atomic E-state index is -4.76. The van der Waals surface area contributed by atoms with E-state index in [1.54, 1.807) is 6.07 Å². The Morgan fingerprint density at radius 2 is 1.94 bits per heavy atom. The van der Waals surface area contributed by atoms with Crippen LogP contribution in [-0.4, -0.2) is 46.1 Å². The van der Waals surface area contributed by atoms with Gasteiger partial charge in [-0.15, -0.1) is 0 Å². The molecule has 0 aromatic heterocycles. The van der Waals surface area contributed by atoms with Crippen molar-refractivity contribution >= 4 is 34.8 Å². The normalized spacial score (nSPS) is 23.9. The maximum Gasteiger partial charge on any atom is 0.414 e. The zero-order chi connectivity index (χ0) is 25.1. The van der Waals surface area contributed by atoms with Gasteiger partial charge in [0.25, 0.3) is 11.8 Å². The van der Waals surface area contributed by atoms with Gasteiger partial charge in [-0.2, -0.15) is 18.4 Å². The van der Waals surface area contributed by atoms with Crippen LogP contribution in [0.1, 0.15) is 43.0 Å². The van der Waals surface area contributed by atoms with E-state index in [1.165, 1.54) is 37.1 Å². The van der Waals surface area contributed by atoms with E-state index in [4.69, 9.17) is 17.5 Å². The fourth-order valence-electron chi connectivity index (χ4n) is 4.78. The van der Waals surface area contributed by atoms with Gasteiger partial charge in [0, 0.05) is 19.2 Å². The van der Waals surface area contributed by atoms with Gasteiger partial charge in [0.15, 0.2) is 5.11 Å². The Hall–Kier alpha value is -3.26. The summed E-state index contributed by atoms with van der Waals surface area (Å²) in [7, 11) is 1.37. The van der Waals surface area contributed by atoms with E-state index in [1.807, 2.05) is 0 Å². The zero-order valence-corrected chi connectivity index (χ0v) is 19.1. The number of nitrogens with zero attached hydrogens (tertiary/aromatic N) is 3. The first-order valence-electron chi connectivity index (χ1n) is 10.5. The highest BCUT2D eigenvalue weighted by Gasteiger charge is 2.63. The van der Waals surface area contributed by atoms with Crippen molar-refractivity contribution in [1.29, 1.82) is 5.26 Å².